The van der Waals surface area contributed by atoms with Crippen molar-refractivity contribution in [1.29, 1.82) is 0 Å². The third kappa shape index (κ3) is 7.64. The summed E-state index contributed by atoms with van der Waals surface area (Å²) in [5.74, 6) is 0.640. The number of nitrogens with one attached hydrogen (secondary N) is 1. The van der Waals surface area contributed by atoms with E-state index in [1.165, 1.54) is 4.31 Å². The lowest BCUT2D eigenvalue weighted by atomic mass is 9.93. The number of piperidine rings is 1. The van der Waals surface area contributed by atoms with Gasteiger partial charge in [-0.15, -0.1) is 0 Å². The molecular formula is C36H42Cl2N6O5S. The van der Waals surface area contributed by atoms with Gasteiger partial charge in [0.05, 0.1) is 29.7 Å². The van der Waals surface area contributed by atoms with Crippen molar-refractivity contribution < 1.29 is 22.7 Å². The molecule has 14 heteroatoms. The molecule has 3 aliphatic heterocycles. The van der Waals surface area contributed by atoms with E-state index in [0.717, 1.165) is 30.4 Å². The fourth-order valence-electron chi connectivity index (χ4n) is 6.77. The average molecular weight is 742 g/mol. The highest BCUT2D eigenvalue weighted by atomic mass is 35.5. The van der Waals surface area contributed by atoms with Crippen LogP contribution in [0.1, 0.15) is 55.0 Å². The second-order valence-corrected chi connectivity index (χ2v) is 15.4. The summed E-state index contributed by atoms with van der Waals surface area (Å²) in [6.07, 6.45) is 2.60. The van der Waals surface area contributed by atoms with Crippen LogP contribution in [0.3, 0.4) is 0 Å². The van der Waals surface area contributed by atoms with Crippen LogP contribution >= 0.6 is 23.2 Å². The molecule has 266 valence electrons. The number of hydrogen-bond donors (Lipinski definition) is 1. The minimum Gasteiger partial charge on any atom is -0.493 e. The monoisotopic (exact) mass is 740 g/mol. The number of likely N-dealkylation sites (N-methyl/N-ethyl adjacent to an activating group) is 1. The van der Waals surface area contributed by atoms with E-state index in [4.69, 9.17) is 32.9 Å². The van der Waals surface area contributed by atoms with Gasteiger partial charge in [-0.1, -0.05) is 53.9 Å². The van der Waals surface area contributed by atoms with Crippen LogP contribution in [0, 0.1) is 0 Å². The molecule has 2 fully saturated rings. The Morgan fingerprint density at radius 3 is 2.08 bits per heavy atom. The predicted octanol–water partition coefficient (Wildman–Crippen LogP) is 5.60. The highest BCUT2D eigenvalue weighted by molar-refractivity contribution is 7.89. The molecule has 2 unspecified atom stereocenters. The van der Waals surface area contributed by atoms with Crippen molar-refractivity contribution in [2.75, 3.05) is 59.5 Å². The Bertz CT molecular complexity index is 1830. The number of carbonyl (C=O) groups excluding carboxylic acids is 2. The third-order valence-corrected chi connectivity index (χ3v) is 11.8. The topological polar surface area (TPSA) is 115 Å². The molecule has 2 saturated heterocycles. The molecule has 3 aliphatic rings. The van der Waals surface area contributed by atoms with Gasteiger partial charge in [-0.2, -0.15) is 4.31 Å². The smallest absolute Gasteiger partial charge is 0.326 e. The number of carbonyl (C=O) groups is 2. The highest BCUT2D eigenvalue weighted by Gasteiger charge is 2.45. The van der Waals surface area contributed by atoms with Crippen molar-refractivity contribution in [2.45, 2.75) is 43.2 Å². The van der Waals surface area contributed by atoms with Crippen LogP contribution in [0.5, 0.6) is 5.75 Å². The molecule has 3 amide bonds. The fourth-order valence-corrected chi connectivity index (χ4v) is 8.56. The zero-order valence-electron chi connectivity index (χ0n) is 28.2. The van der Waals surface area contributed by atoms with Crippen LogP contribution in [0.15, 0.2) is 76.6 Å². The second kappa shape index (κ2) is 15.7. The molecule has 3 aromatic rings. The molecule has 0 saturated carbocycles. The highest BCUT2D eigenvalue weighted by Crippen LogP contribution is 2.46. The lowest BCUT2D eigenvalue weighted by Crippen LogP contribution is -2.55. The van der Waals surface area contributed by atoms with Crippen LogP contribution in [0.2, 0.25) is 10.0 Å². The second-order valence-electron chi connectivity index (χ2n) is 12.6. The normalized spacial score (nSPS) is 20.4. The van der Waals surface area contributed by atoms with Crippen molar-refractivity contribution in [3.8, 4) is 5.75 Å². The minimum absolute atomic E-state index is 0.0878. The summed E-state index contributed by atoms with van der Waals surface area (Å²) < 4.78 is 35.5. The van der Waals surface area contributed by atoms with E-state index in [2.05, 4.69) is 5.32 Å². The minimum atomic E-state index is -3.82. The lowest BCUT2D eigenvalue weighted by molar-refractivity contribution is -0.122. The molecule has 1 N–H and O–H groups in total. The summed E-state index contributed by atoms with van der Waals surface area (Å²) in [7, 11) is -2.22. The molecule has 0 radical (unpaired) electrons. The zero-order valence-corrected chi connectivity index (χ0v) is 30.6. The van der Waals surface area contributed by atoms with Crippen molar-refractivity contribution in [1.82, 2.24) is 24.3 Å². The first-order valence-corrected chi connectivity index (χ1v) is 19.2. The van der Waals surface area contributed by atoms with Crippen LogP contribution in [0.4, 0.5) is 4.79 Å². The molecular weight excluding hydrogens is 699 g/mol. The first kappa shape index (κ1) is 36.1. The Morgan fingerprint density at radius 1 is 0.860 bits per heavy atom. The number of piperazine rings is 1. The molecule has 3 aromatic carbocycles. The van der Waals surface area contributed by atoms with Crippen molar-refractivity contribution in [3.05, 3.63) is 93.5 Å². The number of urea groups is 1. The molecule has 11 nitrogen and oxygen atoms in total. The van der Waals surface area contributed by atoms with Crippen LogP contribution in [-0.2, 0) is 14.8 Å². The largest absolute Gasteiger partial charge is 0.493 e. The van der Waals surface area contributed by atoms with E-state index in [1.807, 2.05) is 36.1 Å². The fraction of sp³-hybridized carbons (Fsp3) is 0.417. The number of sulfonamides is 1. The van der Waals surface area contributed by atoms with Crippen LogP contribution in [-0.4, -0.2) is 105 Å². The molecule has 0 aliphatic carbocycles. The van der Waals surface area contributed by atoms with Gasteiger partial charge in [0.15, 0.2) is 0 Å². The van der Waals surface area contributed by atoms with Gasteiger partial charge >= 0.3 is 6.03 Å². The maximum atomic E-state index is 14.9. The van der Waals surface area contributed by atoms with Gasteiger partial charge in [-0.3, -0.25) is 19.6 Å². The first-order chi connectivity index (χ1) is 24.1. The van der Waals surface area contributed by atoms with E-state index in [9.17, 15) is 18.0 Å². The van der Waals surface area contributed by atoms with Crippen molar-refractivity contribution in [3.63, 3.8) is 0 Å². The molecule has 3 heterocycles. The SMILES string of the molecule is CCOc1ccc(S(=O)(=O)N2CCCCC2)cc1C1=NC(c2ccc(Cl)cc2)C(c2ccc(Cl)cc2)N1C(=O)N1CCN(CC(=O)NC)CC1. The number of ether oxygens (including phenoxy) is 1. The number of nitrogens with zero attached hydrogens (tertiary/aromatic N) is 5. The van der Waals surface area contributed by atoms with Gasteiger partial charge in [0, 0.05) is 56.4 Å². The van der Waals surface area contributed by atoms with Crippen molar-refractivity contribution >= 4 is 51.0 Å². The molecule has 2 atom stereocenters. The summed E-state index contributed by atoms with van der Waals surface area (Å²) in [4.78, 5) is 37.8. The summed E-state index contributed by atoms with van der Waals surface area (Å²) >= 11 is 12.6. The number of hydrogen-bond acceptors (Lipinski definition) is 7. The number of amides is 3. The maximum absolute atomic E-state index is 14.9. The molecule has 6 rings (SSSR count). The van der Waals surface area contributed by atoms with E-state index < -0.39 is 22.1 Å². The summed E-state index contributed by atoms with van der Waals surface area (Å²) in [5, 5.41) is 3.77. The summed E-state index contributed by atoms with van der Waals surface area (Å²) in [5.41, 5.74) is 2.04. The number of rotatable bonds is 9. The van der Waals surface area contributed by atoms with Gasteiger partial charge in [0.25, 0.3) is 0 Å². The van der Waals surface area contributed by atoms with Gasteiger partial charge in [-0.25, -0.2) is 13.2 Å². The lowest BCUT2D eigenvalue weighted by Gasteiger charge is -2.39. The predicted molar refractivity (Wildman–Crippen MR) is 194 cm³/mol. The molecule has 50 heavy (non-hydrogen) atoms. The molecule has 0 aromatic heterocycles. The Labute approximate surface area is 303 Å². The molecule has 0 bridgehead atoms. The Morgan fingerprint density at radius 2 is 1.48 bits per heavy atom. The van der Waals surface area contributed by atoms with E-state index in [1.54, 1.807) is 59.3 Å². The Kier molecular flexibility index (Phi) is 11.3. The van der Waals surface area contributed by atoms with Gasteiger partial charge in [0.2, 0.25) is 15.9 Å². The third-order valence-electron chi connectivity index (χ3n) is 9.43. The number of amidine groups is 1. The van der Waals surface area contributed by atoms with Crippen LogP contribution < -0.4 is 10.1 Å². The van der Waals surface area contributed by atoms with Gasteiger partial charge < -0.3 is 15.0 Å². The Hall–Kier alpha value is -3.68. The van der Waals surface area contributed by atoms with Crippen LogP contribution in [0.25, 0.3) is 0 Å². The quantitative estimate of drug-likeness (QED) is 0.306. The summed E-state index contributed by atoms with van der Waals surface area (Å²) in [6.45, 7) is 5.14. The number of benzene rings is 3. The maximum Gasteiger partial charge on any atom is 0.326 e. The average Bonchev–Trinajstić information content (AvgIpc) is 3.53. The number of aliphatic imine (C=N–C) groups is 1. The van der Waals surface area contributed by atoms with E-state index in [-0.39, 0.29) is 23.4 Å². The van der Waals surface area contributed by atoms with E-state index >= 15 is 0 Å². The first-order valence-electron chi connectivity index (χ1n) is 17.0. The number of halogens is 2. The van der Waals surface area contributed by atoms with Gasteiger partial charge in [-0.05, 0) is 73.4 Å². The van der Waals surface area contributed by atoms with E-state index in [0.29, 0.717) is 73.1 Å². The summed E-state index contributed by atoms with van der Waals surface area (Å²) in [6, 6.07) is 18.1. The molecule has 0 spiro atoms. The van der Waals surface area contributed by atoms with Gasteiger partial charge in [0.1, 0.15) is 17.6 Å². The Balaban J connectivity index is 1.48. The zero-order chi connectivity index (χ0) is 35.4. The standard InChI is InChI=1S/C36H42Cl2N6O5S/c1-3-49-31-16-15-29(50(47,48)43-17-5-4-6-18-43)23-30(31)35-40-33(25-7-11-27(37)12-8-25)34(26-9-13-28(38)14-10-26)44(35)36(46)42-21-19-41(20-22-42)24-32(45)39-2/h7-16,23,33-34H,3-6,17-22,24H2,1-2H3,(H,39,45). The van der Waals surface area contributed by atoms with Crippen molar-refractivity contribution in [2.24, 2.45) is 4.99 Å².